The Morgan fingerprint density at radius 2 is 2.20 bits per heavy atom. The SMILES string of the molecule is CCOc1nc2cc(NC(=O)NC)cc(C)c2c(=O)o1. The molecule has 0 aliphatic carbocycles. The molecular formula is C13H15N3O4. The van der Waals surface area contributed by atoms with Crippen LogP contribution in [-0.2, 0) is 0 Å². The molecule has 2 N–H and O–H groups in total. The molecule has 1 aromatic carbocycles. The van der Waals surface area contributed by atoms with E-state index in [1.165, 1.54) is 7.05 Å². The average molecular weight is 277 g/mol. The summed E-state index contributed by atoms with van der Waals surface area (Å²) in [5.74, 6) is 0. The van der Waals surface area contributed by atoms with Gasteiger partial charge in [-0.15, -0.1) is 0 Å². The second-order valence-corrected chi connectivity index (χ2v) is 4.09. The zero-order valence-electron chi connectivity index (χ0n) is 11.4. The summed E-state index contributed by atoms with van der Waals surface area (Å²) >= 11 is 0. The molecule has 1 aromatic heterocycles. The fourth-order valence-corrected chi connectivity index (χ4v) is 1.82. The van der Waals surface area contributed by atoms with E-state index >= 15 is 0 Å². The van der Waals surface area contributed by atoms with Gasteiger partial charge in [-0.1, -0.05) is 0 Å². The molecule has 0 spiro atoms. The molecule has 0 saturated carbocycles. The number of hydrogen-bond acceptors (Lipinski definition) is 5. The molecule has 0 atom stereocenters. The predicted octanol–water partition coefficient (Wildman–Crippen LogP) is 1.65. The van der Waals surface area contributed by atoms with Crippen LogP contribution in [0.5, 0.6) is 6.08 Å². The van der Waals surface area contributed by atoms with Crippen LogP contribution >= 0.6 is 0 Å². The minimum absolute atomic E-state index is 0.0820. The Morgan fingerprint density at radius 3 is 2.85 bits per heavy atom. The molecule has 106 valence electrons. The number of ether oxygens (including phenoxy) is 1. The number of benzene rings is 1. The summed E-state index contributed by atoms with van der Waals surface area (Å²) in [4.78, 5) is 27.3. The molecular weight excluding hydrogens is 262 g/mol. The monoisotopic (exact) mass is 277 g/mol. The molecule has 0 aliphatic rings. The molecule has 20 heavy (non-hydrogen) atoms. The van der Waals surface area contributed by atoms with Gasteiger partial charge in [0.1, 0.15) is 0 Å². The van der Waals surface area contributed by atoms with Crippen LogP contribution in [0.3, 0.4) is 0 Å². The first-order valence-electron chi connectivity index (χ1n) is 6.12. The van der Waals surface area contributed by atoms with Crippen LogP contribution in [0.4, 0.5) is 10.5 Å². The topological polar surface area (TPSA) is 93.5 Å². The van der Waals surface area contributed by atoms with E-state index in [9.17, 15) is 9.59 Å². The van der Waals surface area contributed by atoms with Gasteiger partial charge >= 0.3 is 17.7 Å². The van der Waals surface area contributed by atoms with Crippen molar-refractivity contribution in [2.75, 3.05) is 19.0 Å². The summed E-state index contributed by atoms with van der Waals surface area (Å²) in [5, 5.41) is 5.45. The van der Waals surface area contributed by atoms with E-state index in [0.29, 0.717) is 28.8 Å². The second-order valence-electron chi connectivity index (χ2n) is 4.09. The first-order valence-corrected chi connectivity index (χ1v) is 6.12. The van der Waals surface area contributed by atoms with Gasteiger partial charge in [0.05, 0.1) is 17.5 Å². The highest BCUT2D eigenvalue weighted by molar-refractivity contribution is 5.93. The summed E-state index contributed by atoms with van der Waals surface area (Å²) in [6.45, 7) is 3.85. The molecule has 1 heterocycles. The lowest BCUT2D eigenvalue weighted by Gasteiger charge is -2.08. The maximum absolute atomic E-state index is 11.9. The lowest BCUT2D eigenvalue weighted by atomic mass is 10.1. The summed E-state index contributed by atoms with van der Waals surface area (Å²) in [7, 11) is 1.52. The number of amides is 2. The number of nitrogens with zero attached hydrogens (tertiary/aromatic N) is 1. The van der Waals surface area contributed by atoms with Crippen molar-refractivity contribution in [2.24, 2.45) is 0 Å². The van der Waals surface area contributed by atoms with Gasteiger partial charge in [-0.25, -0.2) is 9.59 Å². The van der Waals surface area contributed by atoms with E-state index < -0.39 is 5.63 Å². The summed E-state index contributed by atoms with van der Waals surface area (Å²) < 4.78 is 10.1. The van der Waals surface area contributed by atoms with Gasteiger partial charge < -0.3 is 19.8 Å². The number of anilines is 1. The molecule has 0 fully saturated rings. The Morgan fingerprint density at radius 1 is 1.45 bits per heavy atom. The molecule has 0 aliphatic heterocycles. The van der Waals surface area contributed by atoms with Crippen molar-refractivity contribution in [3.63, 3.8) is 0 Å². The smallest absolute Gasteiger partial charge is 0.397 e. The highest BCUT2D eigenvalue weighted by Crippen LogP contribution is 2.21. The molecule has 7 heteroatoms. The number of urea groups is 1. The van der Waals surface area contributed by atoms with Crippen LogP contribution in [-0.4, -0.2) is 24.7 Å². The molecule has 0 bridgehead atoms. The summed E-state index contributed by atoms with van der Waals surface area (Å²) in [6.07, 6.45) is -0.0820. The molecule has 2 amide bonds. The zero-order chi connectivity index (χ0) is 14.7. The Balaban J connectivity index is 2.56. The third kappa shape index (κ3) is 2.71. The first-order chi connectivity index (χ1) is 9.55. The minimum atomic E-state index is -0.512. The highest BCUT2D eigenvalue weighted by atomic mass is 16.6. The van der Waals surface area contributed by atoms with Crippen LogP contribution in [0, 0.1) is 6.92 Å². The number of nitrogens with one attached hydrogen (secondary N) is 2. The van der Waals surface area contributed by atoms with Crippen molar-refractivity contribution >= 4 is 22.6 Å². The number of fused-ring (bicyclic) bond motifs is 1. The first kappa shape index (κ1) is 13.9. The van der Waals surface area contributed by atoms with E-state index in [0.717, 1.165) is 0 Å². The third-order valence-electron chi connectivity index (χ3n) is 2.66. The number of aromatic nitrogens is 1. The quantitative estimate of drug-likeness (QED) is 0.889. The number of aryl methyl sites for hydroxylation is 1. The number of carbonyl (C=O) groups excluding carboxylic acids is 1. The highest BCUT2D eigenvalue weighted by Gasteiger charge is 2.11. The van der Waals surface area contributed by atoms with Crippen molar-refractivity contribution in [3.05, 3.63) is 28.1 Å². The van der Waals surface area contributed by atoms with Crippen LogP contribution in [0.25, 0.3) is 10.9 Å². The van der Waals surface area contributed by atoms with Gasteiger partial charge in [-0.2, -0.15) is 4.98 Å². The summed E-state index contributed by atoms with van der Waals surface area (Å²) in [5.41, 5.74) is 1.10. The molecule has 2 aromatic rings. The lowest BCUT2D eigenvalue weighted by molar-refractivity contribution is 0.229. The Labute approximate surface area is 114 Å². The Kier molecular flexibility index (Phi) is 3.88. The molecule has 0 radical (unpaired) electrons. The van der Waals surface area contributed by atoms with Crippen molar-refractivity contribution in [1.29, 1.82) is 0 Å². The normalized spacial score (nSPS) is 10.3. The molecule has 7 nitrogen and oxygen atoms in total. The van der Waals surface area contributed by atoms with E-state index in [4.69, 9.17) is 9.15 Å². The molecule has 2 rings (SSSR count). The largest absolute Gasteiger partial charge is 0.450 e. The van der Waals surface area contributed by atoms with Gasteiger partial charge in [0.15, 0.2) is 0 Å². The maximum Gasteiger partial charge on any atom is 0.397 e. The lowest BCUT2D eigenvalue weighted by Crippen LogP contribution is -2.24. The Bertz CT molecular complexity index is 709. The summed E-state index contributed by atoms with van der Waals surface area (Å²) in [6, 6.07) is 2.92. The van der Waals surface area contributed by atoms with E-state index in [1.807, 2.05) is 0 Å². The predicted molar refractivity (Wildman–Crippen MR) is 74.3 cm³/mol. The van der Waals surface area contributed by atoms with Crippen molar-refractivity contribution in [2.45, 2.75) is 13.8 Å². The van der Waals surface area contributed by atoms with Gasteiger partial charge in [-0.05, 0) is 31.5 Å². The van der Waals surface area contributed by atoms with E-state index in [2.05, 4.69) is 15.6 Å². The van der Waals surface area contributed by atoms with Crippen LogP contribution in [0.15, 0.2) is 21.3 Å². The number of hydrogen-bond donors (Lipinski definition) is 2. The van der Waals surface area contributed by atoms with Crippen LogP contribution in [0.1, 0.15) is 12.5 Å². The van der Waals surface area contributed by atoms with Gasteiger partial charge in [0.25, 0.3) is 0 Å². The van der Waals surface area contributed by atoms with Crippen molar-refractivity contribution in [3.8, 4) is 6.08 Å². The average Bonchev–Trinajstić information content (AvgIpc) is 2.37. The van der Waals surface area contributed by atoms with E-state index in [-0.39, 0.29) is 12.1 Å². The second kappa shape index (κ2) is 5.60. The maximum atomic E-state index is 11.9. The van der Waals surface area contributed by atoms with Crippen molar-refractivity contribution < 1.29 is 13.9 Å². The number of carbonyl (C=O) groups is 1. The van der Waals surface area contributed by atoms with Crippen molar-refractivity contribution in [1.82, 2.24) is 10.3 Å². The third-order valence-corrected chi connectivity index (χ3v) is 2.66. The fraction of sp³-hybridized carbons (Fsp3) is 0.308. The molecule has 0 unspecified atom stereocenters. The van der Waals surface area contributed by atoms with E-state index in [1.54, 1.807) is 26.0 Å². The standard InChI is InChI=1S/C13H15N3O4/c1-4-19-13-16-9-6-8(15-12(18)14-3)5-7(2)10(9)11(17)20-13/h5-6H,4H2,1-3H3,(H2,14,15,18). The number of rotatable bonds is 3. The van der Waals surface area contributed by atoms with Crippen LogP contribution < -0.4 is 21.0 Å². The molecule has 0 saturated heterocycles. The van der Waals surface area contributed by atoms with Gasteiger partial charge in [0, 0.05) is 12.7 Å². The van der Waals surface area contributed by atoms with Crippen LogP contribution in [0.2, 0.25) is 0 Å². The zero-order valence-corrected chi connectivity index (χ0v) is 11.4. The minimum Gasteiger partial charge on any atom is -0.450 e. The van der Waals surface area contributed by atoms with Gasteiger partial charge in [-0.3, -0.25) is 0 Å². The van der Waals surface area contributed by atoms with Gasteiger partial charge in [0.2, 0.25) is 0 Å². The Hall–Kier alpha value is -2.57. The fourth-order valence-electron chi connectivity index (χ4n) is 1.82.